The van der Waals surface area contributed by atoms with Crippen LogP contribution in [0.5, 0.6) is 0 Å². The number of fused-ring (bicyclic) bond motifs is 1. The van der Waals surface area contributed by atoms with Gasteiger partial charge in [0.05, 0.1) is 17.0 Å². The standard InChI is InChI=1S/C13H13N3O6/c1-14(2)13(19)22-7-6-15-11(17)8-4-3-5-9(16(20)21)10(8)12(15)18/h3-5H,6-7H2,1-2H3. The highest BCUT2D eigenvalue weighted by atomic mass is 16.6. The number of rotatable bonds is 4. The van der Waals surface area contributed by atoms with E-state index in [-0.39, 0.29) is 24.3 Å². The number of nitro benzene ring substituents is 1. The third-order valence-electron chi connectivity index (χ3n) is 3.08. The van der Waals surface area contributed by atoms with Gasteiger partial charge in [0.25, 0.3) is 17.5 Å². The molecule has 1 aliphatic heterocycles. The molecule has 0 fully saturated rings. The van der Waals surface area contributed by atoms with Crippen LogP contribution in [0, 0.1) is 10.1 Å². The number of carbonyl (C=O) groups is 3. The lowest BCUT2D eigenvalue weighted by Gasteiger charge is -2.15. The molecule has 0 N–H and O–H groups in total. The van der Waals surface area contributed by atoms with Gasteiger partial charge < -0.3 is 9.64 Å². The molecule has 9 heteroatoms. The highest BCUT2D eigenvalue weighted by molar-refractivity contribution is 6.23. The van der Waals surface area contributed by atoms with Gasteiger partial charge in [-0.25, -0.2) is 4.79 Å². The minimum absolute atomic E-state index is 0.0156. The summed E-state index contributed by atoms with van der Waals surface area (Å²) in [6, 6.07) is 3.87. The molecule has 0 spiro atoms. The molecule has 3 amide bonds. The van der Waals surface area contributed by atoms with Crippen molar-refractivity contribution >= 4 is 23.6 Å². The van der Waals surface area contributed by atoms with E-state index < -0.39 is 28.5 Å². The molecule has 9 nitrogen and oxygen atoms in total. The third-order valence-corrected chi connectivity index (χ3v) is 3.08. The van der Waals surface area contributed by atoms with Crippen molar-refractivity contribution in [2.45, 2.75) is 0 Å². The van der Waals surface area contributed by atoms with Gasteiger partial charge in [-0.3, -0.25) is 24.6 Å². The Morgan fingerprint density at radius 3 is 2.59 bits per heavy atom. The van der Waals surface area contributed by atoms with Crippen LogP contribution in [0.25, 0.3) is 0 Å². The first-order chi connectivity index (χ1) is 10.3. The molecule has 1 aromatic carbocycles. The summed E-state index contributed by atoms with van der Waals surface area (Å²) in [5.41, 5.74) is -0.654. The summed E-state index contributed by atoms with van der Waals surface area (Å²) in [4.78, 5) is 47.9. The summed E-state index contributed by atoms with van der Waals surface area (Å²) in [6.45, 7) is -0.348. The lowest BCUT2D eigenvalue weighted by molar-refractivity contribution is -0.385. The van der Waals surface area contributed by atoms with E-state index >= 15 is 0 Å². The summed E-state index contributed by atoms with van der Waals surface area (Å²) >= 11 is 0. The Bertz CT molecular complexity index is 670. The zero-order chi connectivity index (χ0) is 16.4. The van der Waals surface area contributed by atoms with Crippen LogP contribution in [0.2, 0.25) is 0 Å². The maximum Gasteiger partial charge on any atom is 0.409 e. The predicted octanol–water partition coefficient (Wildman–Crippen LogP) is 0.889. The average molecular weight is 307 g/mol. The van der Waals surface area contributed by atoms with Gasteiger partial charge in [-0.2, -0.15) is 0 Å². The van der Waals surface area contributed by atoms with Gasteiger partial charge in [0.15, 0.2) is 0 Å². The summed E-state index contributed by atoms with van der Waals surface area (Å²) in [7, 11) is 2.99. The van der Waals surface area contributed by atoms with E-state index in [0.29, 0.717) is 0 Å². The van der Waals surface area contributed by atoms with E-state index in [9.17, 15) is 24.5 Å². The fraction of sp³-hybridized carbons (Fsp3) is 0.308. The first-order valence-electron chi connectivity index (χ1n) is 6.32. The Kier molecular flexibility index (Phi) is 4.06. The average Bonchev–Trinajstić information content (AvgIpc) is 2.71. The Hall–Kier alpha value is -2.97. The van der Waals surface area contributed by atoms with Gasteiger partial charge in [0.1, 0.15) is 12.2 Å². The smallest absolute Gasteiger partial charge is 0.409 e. The van der Waals surface area contributed by atoms with E-state index in [2.05, 4.69) is 0 Å². The Morgan fingerprint density at radius 1 is 1.32 bits per heavy atom. The molecular formula is C13H13N3O6. The largest absolute Gasteiger partial charge is 0.448 e. The first-order valence-corrected chi connectivity index (χ1v) is 6.32. The van der Waals surface area contributed by atoms with Gasteiger partial charge in [0.2, 0.25) is 0 Å². The van der Waals surface area contributed by atoms with Crippen molar-refractivity contribution in [3.63, 3.8) is 0 Å². The Balaban J connectivity index is 2.16. The van der Waals surface area contributed by atoms with Gasteiger partial charge in [-0.1, -0.05) is 6.07 Å². The summed E-state index contributed by atoms with van der Waals surface area (Å²) < 4.78 is 4.85. The van der Waals surface area contributed by atoms with Crippen molar-refractivity contribution in [3.8, 4) is 0 Å². The van der Waals surface area contributed by atoms with Crippen molar-refractivity contribution in [3.05, 3.63) is 39.4 Å². The van der Waals surface area contributed by atoms with Crippen molar-refractivity contribution in [2.24, 2.45) is 0 Å². The van der Waals surface area contributed by atoms with Gasteiger partial charge in [-0.15, -0.1) is 0 Å². The minimum Gasteiger partial charge on any atom is -0.448 e. The molecule has 1 heterocycles. The van der Waals surface area contributed by atoms with Crippen LogP contribution in [-0.2, 0) is 4.74 Å². The third kappa shape index (κ3) is 2.60. The van der Waals surface area contributed by atoms with E-state index in [4.69, 9.17) is 4.74 Å². The van der Waals surface area contributed by atoms with Crippen LogP contribution in [0.15, 0.2) is 18.2 Å². The number of amides is 3. The molecule has 0 aliphatic carbocycles. The van der Waals surface area contributed by atoms with Crippen LogP contribution in [0.3, 0.4) is 0 Å². The quantitative estimate of drug-likeness (QED) is 0.464. The Labute approximate surface area is 125 Å². The van der Waals surface area contributed by atoms with Gasteiger partial charge >= 0.3 is 6.09 Å². The van der Waals surface area contributed by atoms with Gasteiger partial charge in [-0.05, 0) is 6.07 Å². The molecule has 116 valence electrons. The van der Waals surface area contributed by atoms with Crippen LogP contribution in [0.1, 0.15) is 20.7 Å². The molecule has 0 saturated heterocycles. The zero-order valence-electron chi connectivity index (χ0n) is 11.9. The molecule has 1 aliphatic rings. The Morgan fingerprint density at radius 2 is 2.00 bits per heavy atom. The van der Waals surface area contributed by atoms with Crippen molar-refractivity contribution < 1.29 is 24.0 Å². The minimum atomic E-state index is -0.756. The number of ether oxygens (including phenoxy) is 1. The van der Waals surface area contributed by atoms with E-state index in [0.717, 1.165) is 4.90 Å². The molecule has 1 aromatic rings. The zero-order valence-corrected chi connectivity index (χ0v) is 11.9. The van der Waals surface area contributed by atoms with Crippen molar-refractivity contribution in [2.75, 3.05) is 27.2 Å². The molecule has 0 bridgehead atoms. The second kappa shape index (κ2) is 5.80. The molecule has 0 saturated carbocycles. The number of imide groups is 1. The molecule has 0 unspecified atom stereocenters. The fourth-order valence-electron chi connectivity index (χ4n) is 2.02. The number of hydrogen-bond acceptors (Lipinski definition) is 6. The first kappa shape index (κ1) is 15.4. The van der Waals surface area contributed by atoms with E-state index in [1.807, 2.05) is 0 Å². The second-order valence-electron chi connectivity index (χ2n) is 4.73. The predicted molar refractivity (Wildman–Crippen MR) is 73.5 cm³/mol. The lowest BCUT2D eigenvalue weighted by atomic mass is 10.1. The maximum atomic E-state index is 12.2. The van der Waals surface area contributed by atoms with Crippen LogP contribution in [-0.4, -0.2) is 59.9 Å². The number of benzene rings is 1. The van der Waals surface area contributed by atoms with Crippen molar-refractivity contribution in [1.29, 1.82) is 0 Å². The molecule has 22 heavy (non-hydrogen) atoms. The highest BCUT2D eigenvalue weighted by Crippen LogP contribution is 2.30. The second-order valence-corrected chi connectivity index (χ2v) is 4.73. The van der Waals surface area contributed by atoms with Crippen molar-refractivity contribution in [1.82, 2.24) is 9.80 Å². The molecule has 2 rings (SSSR count). The number of hydrogen-bond donors (Lipinski definition) is 0. The molecule has 0 radical (unpaired) electrons. The molecule has 0 aromatic heterocycles. The summed E-state index contributed by atoms with van der Waals surface area (Å²) in [5.74, 6) is -1.39. The van der Waals surface area contributed by atoms with Crippen LogP contribution in [0.4, 0.5) is 10.5 Å². The fourth-order valence-corrected chi connectivity index (χ4v) is 2.02. The monoisotopic (exact) mass is 307 g/mol. The lowest BCUT2D eigenvalue weighted by Crippen LogP contribution is -2.34. The molecular weight excluding hydrogens is 294 g/mol. The summed E-state index contributed by atoms with van der Waals surface area (Å²) in [6.07, 6.45) is -0.609. The van der Waals surface area contributed by atoms with Gasteiger partial charge in [0, 0.05) is 20.2 Å². The number of carbonyl (C=O) groups excluding carboxylic acids is 3. The van der Waals surface area contributed by atoms with Crippen LogP contribution < -0.4 is 0 Å². The topological polar surface area (TPSA) is 110 Å². The maximum absolute atomic E-state index is 12.2. The number of nitro groups is 1. The highest BCUT2D eigenvalue weighted by Gasteiger charge is 2.40. The van der Waals surface area contributed by atoms with Crippen LogP contribution >= 0.6 is 0 Å². The summed E-state index contributed by atoms with van der Waals surface area (Å²) in [5, 5.41) is 10.9. The van der Waals surface area contributed by atoms with E-state index in [1.54, 1.807) is 0 Å². The normalized spacial score (nSPS) is 13.1. The molecule has 0 atom stereocenters. The SMILES string of the molecule is CN(C)C(=O)OCCN1C(=O)c2cccc([N+](=O)[O-])c2C1=O. The van der Waals surface area contributed by atoms with E-state index in [1.165, 1.54) is 37.2 Å². The number of nitrogens with zero attached hydrogens (tertiary/aromatic N) is 3.